The molecule has 3 aromatic rings. The molecule has 7 heteroatoms. The first-order valence-corrected chi connectivity index (χ1v) is 7.86. The van der Waals surface area contributed by atoms with Gasteiger partial charge in [0.1, 0.15) is 5.69 Å². The highest BCUT2D eigenvalue weighted by molar-refractivity contribution is 6.05. The second-order valence-electron chi connectivity index (χ2n) is 6.12. The van der Waals surface area contributed by atoms with Gasteiger partial charge >= 0.3 is 5.97 Å². The van der Waals surface area contributed by atoms with Crippen LogP contribution in [0.5, 0.6) is 0 Å². The van der Waals surface area contributed by atoms with Crippen LogP contribution in [-0.2, 0) is 13.1 Å². The van der Waals surface area contributed by atoms with E-state index in [9.17, 15) is 9.59 Å². The van der Waals surface area contributed by atoms with Crippen molar-refractivity contribution >= 4 is 17.6 Å². The Bertz CT molecular complexity index is 1000. The molecular weight excluding hydrogens is 320 g/mol. The van der Waals surface area contributed by atoms with Crippen LogP contribution in [0.25, 0.3) is 0 Å². The number of fused-ring (bicyclic) bond motifs is 2. The molecule has 4 rings (SSSR count). The maximum Gasteiger partial charge on any atom is 0.337 e. The van der Waals surface area contributed by atoms with Crippen LogP contribution in [0.2, 0.25) is 0 Å². The van der Waals surface area contributed by atoms with Crippen molar-refractivity contribution in [2.45, 2.75) is 20.0 Å². The number of aromatic nitrogens is 3. The van der Waals surface area contributed by atoms with E-state index in [0.29, 0.717) is 18.8 Å². The average Bonchev–Trinajstić information content (AvgIpc) is 3.14. The molecule has 1 amide bonds. The molecule has 1 aliphatic rings. The Balaban J connectivity index is 1.67. The van der Waals surface area contributed by atoms with Crippen LogP contribution in [0, 0.1) is 6.92 Å². The lowest BCUT2D eigenvalue weighted by atomic mass is 10.1. The van der Waals surface area contributed by atoms with Gasteiger partial charge in [0.15, 0.2) is 0 Å². The highest BCUT2D eigenvalue weighted by atomic mass is 16.4. The van der Waals surface area contributed by atoms with Gasteiger partial charge in [0, 0.05) is 30.3 Å². The van der Waals surface area contributed by atoms with Crippen molar-refractivity contribution in [2.24, 2.45) is 0 Å². The van der Waals surface area contributed by atoms with Gasteiger partial charge in [-0.25, -0.2) is 4.79 Å². The maximum absolute atomic E-state index is 12.4. The summed E-state index contributed by atoms with van der Waals surface area (Å²) in [5, 5.41) is 16.3. The number of carbonyl (C=O) groups excluding carboxylic acids is 1. The second-order valence-corrected chi connectivity index (χ2v) is 6.12. The van der Waals surface area contributed by atoms with Gasteiger partial charge in [-0.15, -0.1) is 0 Å². The first kappa shape index (κ1) is 15.2. The van der Waals surface area contributed by atoms with E-state index in [4.69, 9.17) is 5.11 Å². The fraction of sp³-hybridized carbons (Fsp3) is 0.167. The van der Waals surface area contributed by atoms with Gasteiger partial charge in [-0.05, 0) is 36.2 Å². The molecule has 2 aromatic heterocycles. The summed E-state index contributed by atoms with van der Waals surface area (Å²) < 4.78 is 3.56. The van der Waals surface area contributed by atoms with E-state index in [-0.39, 0.29) is 11.5 Å². The zero-order chi connectivity index (χ0) is 17.6. The summed E-state index contributed by atoms with van der Waals surface area (Å²) in [6.07, 6.45) is 3.25. The van der Waals surface area contributed by atoms with E-state index in [1.54, 1.807) is 10.8 Å². The number of carboxylic acid groups (broad SMARTS) is 1. The summed E-state index contributed by atoms with van der Waals surface area (Å²) in [6, 6.07) is 9.24. The van der Waals surface area contributed by atoms with Crippen molar-refractivity contribution < 1.29 is 14.7 Å². The van der Waals surface area contributed by atoms with Crippen LogP contribution in [-0.4, -0.2) is 31.3 Å². The molecule has 0 saturated heterocycles. The Morgan fingerprint density at radius 1 is 1.32 bits per heavy atom. The third kappa shape index (κ3) is 2.69. The first-order valence-electron chi connectivity index (χ1n) is 7.86. The molecule has 0 spiro atoms. The Labute approximate surface area is 143 Å². The highest BCUT2D eigenvalue weighted by Crippen LogP contribution is 2.25. The SMILES string of the molecule is Cc1ccnn1Cc1ccc2c(c1)NC(=O)c1cc(C(=O)O)cn1C2. The summed E-state index contributed by atoms with van der Waals surface area (Å²) in [5.74, 6) is -1.35. The summed E-state index contributed by atoms with van der Waals surface area (Å²) in [7, 11) is 0. The second kappa shape index (κ2) is 5.62. The van der Waals surface area contributed by atoms with Gasteiger partial charge in [-0.2, -0.15) is 5.10 Å². The van der Waals surface area contributed by atoms with E-state index < -0.39 is 5.97 Å². The summed E-state index contributed by atoms with van der Waals surface area (Å²) in [5.41, 5.74) is 4.23. The number of anilines is 1. The zero-order valence-corrected chi connectivity index (χ0v) is 13.6. The molecule has 0 aliphatic carbocycles. The van der Waals surface area contributed by atoms with Crippen molar-refractivity contribution in [1.29, 1.82) is 0 Å². The number of hydrogen-bond acceptors (Lipinski definition) is 3. The molecule has 0 unspecified atom stereocenters. The normalized spacial score (nSPS) is 12.9. The van der Waals surface area contributed by atoms with Crippen LogP contribution in [0.1, 0.15) is 37.7 Å². The van der Waals surface area contributed by atoms with Crippen LogP contribution in [0.4, 0.5) is 5.69 Å². The van der Waals surface area contributed by atoms with E-state index >= 15 is 0 Å². The van der Waals surface area contributed by atoms with Crippen LogP contribution >= 0.6 is 0 Å². The third-order valence-electron chi connectivity index (χ3n) is 4.40. The number of nitrogens with one attached hydrogen (secondary N) is 1. The van der Waals surface area contributed by atoms with Crippen molar-refractivity contribution in [1.82, 2.24) is 14.3 Å². The molecule has 25 heavy (non-hydrogen) atoms. The molecule has 1 aromatic carbocycles. The van der Waals surface area contributed by atoms with Gasteiger partial charge in [0.25, 0.3) is 5.91 Å². The predicted octanol–water partition coefficient (Wildman–Crippen LogP) is 2.35. The minimum Gasteiger partial charge on any atom is -0.478 e. The Morgan fingerprint density at radius 2 is 2.16 bits per heavy atom. The average molecular weight is 336 g/mol. The standard InChI is InChI=1S/C18H16N4O3/c1-11-4-5-19-22(11)8-12-2-3-13-9-21-10-14(18(24)25)7-16(21)17(23)20-15(13)6-12/h2-7,10H,8-9H2,1H3,(H,20,23)(H,24,25). The molecule has 0 fully saturated rings. The topological polar surface area (TPSA) is 89.2 Å². The lowest BCUT2D eigenvalue weighted by Gasteiger charge is -2.11. The molecule has 0 atom stereocenters. The molecule has 0 radical (unpaired) electrons. The molecule has 1 aliphatic heterocycles. The molecule has 2 N–H and O–H groups in total. The number of hydrogen-bond donors (Lipinski definition) is 2. The zero-order valence-electron chi connectivity index (χ0n) is 13.6. The monoisotopic (exact) mass is 336 g/mol. The van der Waals surface area contributed by atoms with Gasteiger partial charge < -0.3 is 15.0 Å². The van der Waals surface area contributed by atoms with Crippen LogP contribution in [0.15, 0.2) is 42.7 Å². The maximum atomic E-state index is 12.4. The van der Waals surface area contributed by atoms with Crippen molar-refractivity contribution in [3.8, 4) is 0 Å². The Hall–Kier alpha value is -3.35. The quantitative estimate of drug-likeness (QED) is 0.768. The van der Waals surface area contributed by atoms with Gasteiger partial charge in [0.05, 0.1) is 12.1 Å². The number of nitrogens with zero attached hydrogens (tertiary/aromatic N) is 3. The Kier molecular flexibility index (Phi) is 3.42. The number of carbonyl (C=O) groups is 2. The number of aryl methyl sites for hydroxylation is 1. The Morgan fingerprint density at radius 3 is 2.88 bits per heavy atom. The minimum absolute atomic E-state index is 0.111. The third-order valence-corrected chi connectivity index (χ3v) is 4.40. The summed E-state index contributed by atoms with van der Waals surface area (Å²) in [6.45, 7) is 3.06. The largest absolute Gasteiger partial charge is 0.478 e. The molecular formula is C18H16N4O3. The minimum atomic E-state index is -1.04. The predicted molar refractivity (Wildman–Crippen MR) is 91.0 cm³/mol. The van der Waals surface area contributed by atoms with Gasteiger partial charge in [-0.3, -0.25) is 9.48 Å². The summed E-state index contributed by atoms with van der Waals surface area (Å²) >= 11 is 0. The molecule has 7 nitrogen and oxygen atoms in total. The molecule has 126 valence electrons. The van der Waals surface area contributed by atoms with Gasteiger partial charge in [0.2, 0.25) is 0 Å². The number of aromatic carboxylic acids is 1. The highest BCUT2D eigenvalue weighted by Gasteiger charge is 2.22. The van der Waals surface area contributed by atoms with Gasteiger partial charge in [-0.1, -0.05) is 12.1 Å². The van der Waals surface area contributed by atoms with Crippen LogP contribution in [0.3, 0.4) is 0 Å². The van der Waals surface area contributed by atoms with Crippen molar-refractivity contribution in [3.05, 3.63) is 70.8 Å². The molecule has 3 heterocycles. The number of carboxylic acids is 1. The van der Waals surface area contributed by atoms with Crippen LogP contribution < -0.4 is 5.32 Å². The first-order chi connectivity index (χ1) is 12.0. The van der Waals surface area contributed by atoms with E-state index in [2.05, 4.69) is 10.4 Å². The van der Waals surface area contributed by atoms with Crippen molar-refractivity contribution in [2.75, 3.05) is 5.32 Å². The lowest BCUT2D eigenvalue weighted by molar-refractivity contribution is 0.0696. The number of rotatable bonds is 3. The molecule has 0 saturated carbocycles. The van der Waals surface area contributed by atoms with E-state index in [0.717, 1.165) is 22.5 Å². The van der Waals surface area contributed by atoms with Crippen molar-refractivity contribution in [3.63, 3.8) is 0 Å². The van der Waals surface area contributed by atoms with E-state index in [1.165, 1.54) is 12.3 Å². The number of amides is 1. The lowest BCUT2D eigenvalue weighted by Crippen LogP contribution is -2.13. The summed E-state index contributed by atoms with van der Waals surface area (Å²) in [4.78, 5) is 23.6. The fourth-order valence-electron chi connectivity index (χ4n) is 3.03. The fourth-order valence-corrected chi connectivity index (χ4v) is 3.03. The number of benzene rings is 1. The smallest absolute Gasteiger partial charge is 0.337 e. The van der Waals surface area contributed by atoms with E-state index in [1.807, 2.05) is 35.9 Å². The molecule has 0 bridgehead atoms.